The minimum absolute atomic E-state index is 0.0545. The van der Waals surface area contributed by atoms with Gasteiger partial charge < -0.3 is 10.2 Å². The summed E-state index contributed by atoms with van der Waals surface area (Å²) in [4.78, 5) is 13.2. The molecule has 0 bridgehead atoms. The number of benzene rings is 1. The number of likely N-dealkylation sites (N-methyl/N-ethyl adjacent to an activating group) is 2. The van der Waals surface area contributed by atoms with Crippen molar-refractivity contribution in [1.29, 1.82) is 0 Å². The lowest BCUT2D eigenvalue weighted by molar-refractivity contribution is -0.119. The molecule has 0 radical (unpaired) electrons. The van der Waals surface area contributed by atoms with Gasteiger partial charge in [0, 0.05) is 19.3 Å². The van der Waals surface area contributed by atoms with Crippen molar-refractivity contribution in [3.63, 3.8) is 0 Å². The highest BCUT2D eigenvalue weighted by Crippen LogP contribution is 2.09. The average molecular weight is 192 g/mol. The summed E-state index contributed by atoms with van der Waals surface area (Å²) in [5, 5.41) is 2.77. The van der Waals surface area contributed by atoms with Crippen LogP contribution in [-0.4, -0.2) is 26.0 Å². The molecule has 0 spiro atoms. The van der Waals surface area contributed by atoms with Crippen molar-refractivity contribution >= 4 is 11.6 Å². The fourth-order valence-corrected chi connectivity index (χ4v) is 1.24. The van der Waals surface area contributed by atoms with Gasteiger partial charge in [0.25, 0.3) is 0 Å². The van der Waals surface area contributed by atoms with Crippen LogP contribution >= 0.6 is 0 Å². The Hall–Kier alpha value is -1.51. The summed E-state index contributed by atoms with van der Waals surface area (Å²) < 4.78 is 0. The molecule has 0 saturated heterocycles. The second-order valence-electron chi connectivity index (χ2n) is 3.15. The Bertz CT molecular complexity index is 285. The average Bonchev–Trinajstić information content (AvgIpc) is 2.19. The first-order valence-electron chi connectivity index (χ1n) is 4.77. The van der Waals surface area contributed by atoms with Gasteiger partial charge in [-0.15, -0.1) is 0 Å². The number of carbonyl (C=O) groups is 1. The molecule has 0 unspecified atom stereocenters. The molecule has 1 N–H and O–H groups in total. The van der Waals surface area contributed by atoms with Crippen LogP contribution in [-0.2, 0) is 4.79 Å². The minimum atomic E-state index is 0.0545. The third kappa shape index (κ3) is 3.09. The van der Waals surface area contributed by atoms with Crippen molar-refractivity contribution in [3.05, 3.63) is 30.3 Å². The number of para-hydroxylation sites is 1. The maximum absolute atomic E-state index is 11.3. The lowest BCUT2D eigenvalue weighted by Gasteiger charge is -2.18. The quantitative estimate of drug-likeness (QED) is 0.779. The fraction of sp³-hybridized carbons (Fsp3) is 0.364. The monoisotopic (exact) mass is 192 g/mol. The lowest BCUT2D eigenvalue weighted by Crippen LogP contribution is -2.34. The molecule has 0 aliphatic rings. The van der Waals surface area contributed by atoms with Crippen molar-refractivity contribution in [2.45, 2.75) is 6.92 Å². The number of nitrogens with one attached hydrogen (secondary N) is 1. The predicted octanol–water partition coefficient (Wildman–Crippen LogP) is 1.26. The Balaban J connectivity index is 2.50. The number of nitrogens with zero attached hydrogens (tertiary/aromatic N) is 1. The normalized spacial score (nSPS) is 9.57. The highest BCUT2D eigenvalue weighted by molar-refractivity contribution is 5.81. The highest BCUT2D eigenvalue weighted by Gasteiger charge is 2.04. The van der Waals surface area contributed by atoms with Gasteiger partial charge in [-0.1, -0.05) is 18.2 Å². The summed E-state index contributed by atoms with van der Waals surface area (Å²) in [6.07, 6.45) is 0. The number of amides is 1. The van der Waals surface area contributed by atoms with Gasteiger partial charge in [0.2, 0.25) is 5.91 Å². The first-order chi connectivity index (χ1) is 6.74. The molecule has 1 amide bonds. The number of anilines is 1. The van der Waals surface area contributed by atoms with E-state index in [0.29, 0.717) is 13.1 Å². The number of hydrogen-bond acceptors (Lipinski definition) is 2. The maximum Gasteiger partial charge on any atom is 0.239 e. The van der Waals surface area contributed by atoms with E-state index in [4.69, 9.17) is 0 Å². The van der Waals surface area contributed by atoms with E-state index in [1.807, 2.05) is 49.2 Å². The van der Waals surface area contributed by atoms with Gasteiger partial charge in [-0.3, -0.25) is 4.79 Å². The lowest BCUT2D eigenvalue weighted by atomic mass is 10.3. The molecular formula is C11H16N2O. The topological polar surface area (TPSA) is 32.3 Å². The largest absolute Gasteiger partial charge is 0.365 e. The van der Waals surface area contributed by atoms with Crippen LogP contribution in [0.2, 0.25) is 0 Å². The van der Waals surface area contributed by atoms with E-state index in [0.717, 1.165) is 5.69 Å². The van der Waals surface area contributed by atoms with Crippen LogP contribution in [0.5, 0.6) is 0 Å². The van der Waals surface area contributed by atoms with E-state index < -0.39 is 0 Å². The molecule has 0 aromatic heterocycles. The van der Waals surface area contributed by atoms with Gasteiger partial charge in [0.15, 0.2) is 0 Å². The summed E-state index contributed by atoms with van der Waals surface area (Å²) in [5.74, 6) is 0.0545. The molecule has 0 fully saturated rings. The van der Waals surface area contributed by atoms with Crippen molar-refractivity contribution in [2.75, 3.05) is 25.0 Å². The summed E-state index contributed by atoms with van der Waals surface area (Å²) in [5.41, 5.74) is 1.05. The Morgan fingerprint density at radius 2 is 2.00 bits per heavy atom. The van der Waals surface area contributed by atoms with Crippen LogP contribution in [0.1, 0.15) is 6.92 Å². The molecule has 14 heavy (non-hydrogen) atoms. The van der Waals surface area contributed by atoms with Crippen LogP contribution in [0, 0.1) is 0 Å². The zero-order valence-corrected chi connectivity index (χ0v) is 8.66. The maximum atomic E-state index is 11.3. The van der Waals surface area contributed by atoms with Crippen molar-refractivity contribution in [1.82, 2.24) is 5.32 Å². The molecule has 0 aliphatic heterocycles. The van der Waals surface area contributed by atoms with Crippen LogP contribution in [0.15, 0.2) is 30.3 Å². The summed E-state index contributed by atoms with van der Waals surface area (Å²) in [6, 6.07) is 9.86. The Morgan fingerprint density at radius 3 is 2.57 bits per heavy atom. The third-order valence-electron chi connectivity index (χ3n) is 1.95. The zero-order chi connectivity index (χ0) is 10.4. The van der Waals surface area contributed by atoms with Crippen molar-refractivity contribution in [3.8, 4) is 0 Å². The van der Waals surface area contributed by atoms with E-state index in [1.54, 1.807) is 0 Å². The Kier molecular flexibility index (Phi) is 3.98. The van der Waals surface area contributed by atoms with Crippen LogP contribution in [0.25, 0.3) is 0 Å². The summed E-state index contributed by atoms with van der Waals surface area (Å²) in [7, 11) is 1.91. The third-order valence-corrected chi connectivity index (χ3v) is 1.95. The second-order valence-corrected chi connectivity index (χ2v) is 3.15. The van der Waals surface area contributed by atoms with Crippen LogP contribution < -0.4 is 10.2 Å². The highest BCUT2D eigenvalue weighted by atomic mass is 16.1. The van der Waals surface area contributed by atoms with E-state index >= 15 is 0 Å². The molecule has 1 aromatic rings. The van der Waals surface area contributed by atoms with Gasteiger partial charge in [0.05, 0.1) is 6.54 Å². The molecule has 76 valence electrons. The van der Waals surface area contributed by atoms with Gasteiger partial charge in [-0.25, -0.2) is 0 Å². The van der Waals surface area contributed by atoms with Gasteiger partial charge >= 0.3 is 0 Å². The van der Waals surface area contributed by atoms with Gasteiger partial charge in [-0.2, -0.15) is 0 Å². The molecular weight excluding hydrogens is 176 g/mol. The molecule has 3 heteroatoms. The first-order valence-corrected chi connectivity index (χ1v) is 4.77. The Labute approximate surface area is 84.7 Å². The van der Waals surface area contributed by atoms with Crippen LogP contribution in [0.4, 0.5) is 5.69 Å². The van der Waals surface area contributed by atoms with E-state index in [2.05, 4.69) is 5.32 Å². The molecule has 0 heterocycles. The van der Waals surface area contributed by atoms with E-state index in [-0.39, 0.29) is 5.91 Å². The summed E-state index contributed by atoms with van der Waals surface area (Å²) >= 11 is 0. The number of carbonyl (C=O) groups excluding carboxylic acids is 1. The van der Waals surface area contributed by atoms with Crippen molar-refractivity contribution < 1.29 is 4.79 Å². The molecule has 0 aliphatic carbocycles. The van der Waals surface area contributed by atoms with Crippen LogP contribution in [0.3, 0.4) is 0 Å². The smallest absolute Gasteiger partial charge is 0.239 e. The minimum Gasteiger partial charge on any atom is -0.365 e. The fourth-order valence-electron chi connectivity index (χ4n) is 1.24. The molecule has 1 aromatic carbocycles. The molecule has 3 nitrogen and oxygen atoms in total. The Morgan fingerprint density at radius 1 is 1.36 bits per heavy atom. The molecule has 1 rings (SSSR count). The second kappa shape index (κ2) is 5.27. The molecule has 0 atom stereocenters. The zero-order valence-electron chi connectivity index (χ0n) is 8.66. The van der Waals surface area contributed by atoms with E-state index in [9.17, 15) is 4.79 Å². The number of hydrogen-bond donors (Lipinski definition) is 1. The summed E-state index contributed by atoms with van der Waals surface area (Å²) in [6.45, 7) is 3.00. The predicted molar refractivity (Wildman–Crippen MR) is 58.4 cm³/mol. The number of rotatable bonds is 4. The van der Waals surface area contributed by atoms with Gasteiger partial charge in [-0.05, 0) is 19.1 Å². The standard InChI is InChI=1S/C11H16N2O/c1-3-12-11(14)9-13(2)10-7-5-4-6-8-10/h4-8H,3,9H2,1-2H3,(H,12,14). The van der Waals surface area contributed by atoms with Gasteiger partial charge in [0.1, 0.15) is 0 Å². The van der Waals surface area contributed by atoms with E-state index in [1.165, 1.54) is 0 Å². The first kappa shape index (κ1) is 10.6. The molecule has 0 saturated carbocycles. The van der Waals surface area contributed by atoms with Crippen molar-refractivity contribution in [2.24, 2.45) is 0 Å². The SMILES string of the molecule is CCNC(=O)CN(C)c1ccccc1.